The van der Waals surface area contributed by atoms with E-state index in [0.29, 0.717) is 0 Å². The molecule has 0 saturated carbocycles. The normalized spacial score (nSPS) is 16.9. The monoisotopic (exact) mass is 336 g/mol. The largest absolute Gasteiger partial charge is 0.493 e. The molecule has 3 aromatic rings. The van der Waals surface area contributed by atoms with Gasteiger partial charge >= 0.3 is 0 Å². The van der Waals surface area contributed by atoms with Gasteiger partial charge < -0.3 is 19.8 Å². The molecule has 4 heteroatoms. The fraction of sp³-hybridized carbons (Fsp3) is 0.333. The van der Waals surface area contributed by atoms with Gasteiger partial charge in [-0.25, -0.2) is 0 Å². The van der Waals surface area contributed by atoms with Crippen LogP contribution in [-0.2, 0) is 6.42 Å². The molecule has 1 unspecified atom stereocenters. The molecule has 1 aliphatic rings. The number of ether oxygens (including phenoxy) is 2. The highest BCUT2D eigenvalue weighted by atomic mass is 16.5. The molecule has 1 aromatic heterocycles. The molecular formula is C21H24N2O2. The molecule has 25 heavy (non-hydrogen) atoms. The third kappa shape index (κ3) is 2.87. The minimum Gasteiger partial charge on any atom is -0.493 e. The Balaban J connectivity index is 1.76. The second-order valence-electron chi connectivity index (χ2n) is 6.78. The molecule has 0 radical (unpaired) electrons. The van der Waals surface area contributed by atoms with Crippen molar-refractivity contribution in [3.05, 3.63) is 59.3 Å². The maximum absolute atomic E-state index is 5.84. The Bertz CT molecular complexity index is 898. The molecular weight excluding hydrogens is 312 g/mol. The smallest absolute Gasteiger partial charge is 0.161 e. The number of H-pyrrole nitrogens is 1. The molecule has 0 bridgehead atoms. The van der Waals surface area contributed by atoms with E-state index >= 15 is 0 Å². The molecule has 1 atom stereocenters. The van der Waals surface area contributed by atoms with E-state index < -0.39 is 0 Å². The average Bonchev–Trinajstić information content (AvgIpc) is 3.00. The quantitative estimate of drug-likeness (QED) is 0.751. The maximum atomic E-state index is 5.84. The van der Waals surface area contributed by atoms with Gasteiger partial charge in [-0.3, -0.25) is 0 Å². The molecule has 130 valence electrons. The van der Waals surface area contributed by atoms with E-state index in [0.717, 1.165) is 24.5 Å². The van der Waals surface area contributed by atoms with Crippen LogP contribution in [0.2, 0.25) is 0 Å². The van der Waals surface area contributed by atoms with Crippen LogP contribution in [0.3, 0.4) is 0 Å². The average molecular weight is 336 g/mol. The summed E-state index contributed by atoms with van der Waals surface area (Å²) in [6.45, 7) is 5.01. The molecule has 0 spiro atoms. The lowest BCUT2D eigenvalue weighted by Crippen LogP contribution is -2.30. The summed E-state index contributed by atoms with van der Waals surface area (Å²) in [5, 5.41) is 4.97. The Kier molecular flexibility index (Phi) is 4.14. The van der Waals surface area contributed by atoms with Gasteiger partial charge in [0.2, 0.25) is 0 Å². The summed E-state index contributed by atoms with van der Waals surface area (Å²) in [6.07, 6.45) is 1.16. The molecule has 2 aromatic carbocycles. The Morgan fingerprint density at radius 3 is 2.72 bits per heavy atom. The predicted molar refractivity (Wildman–Crippen MR) is 101 cm³/mol. The predicted octanol–water partition coefficient (Wildman–Crippen LogP) is 4.20. The standard InChI is InChI=1S/C21H24N2O2/c1-13(2)25-18-9-8-14(12-19(18)24-3)20-21-16(10-11-22-20)15-6-4-5-7-17(15)23-21/h4-9,12-13,20,22-23H,10-11H2,1-3H3. The van der Waals surface area contributed by atoms with E-state index in [1.54, 1.807) is 7.11 Å². The van der Waals surface area contributed by atoms with Gasteiger partial charge in [-0.2, -0.15) is 0 Å². The zero-order chi connectivity index (χ0) is 17.4. The topological polar surface area (TPSA) is 46.3 Å². The zero-order valence-electron chi connectivity index (χ0n) is 14.9. The Hall–Kier alpha value is -2.46. The first kappa shape index (κ1) is 16.0. The van der Waals surface area contributed by atoms with Gasteiger partial charge in [0.1, 0.15) is 0 Å². The van der Waals surface area contributed by atoms with Crippen LogP contribution in [0.5, 0.6) is 11.5 Å². The number of rotatable bonds is 4. The molecule has 0 fully saturated rings. The lowest BCUT2D eigenvalue weighted by molar-refractivity contribution is 0.230. The second kappa shape index (κ2) is 6.45. The first-order valence-corrected chi connectivity index (χ1v) is 8.85. The lowest BCUT2D eigenvalue weighted by Gasteiger charge is -2.25. The number of benzene rings is 2. The summed E-state index contributed by atoms with van der Waals surface area (Å²) in [6, 6.07) is 14.9. The van der Waals surface area contributed by atoms with Crippen LogP contribution < -0.4 is 14.8 Å². The summed E-state index contributed by atoms with van der Waals surface area (Å²) in [7, 11) is 1.69. The lowest BCUT2D eigenvalue weighted by atomic mass is 9.94. The molecule has 2 heterocycles. The number of para-hydroxylation sites is 1. The SMILES string of the molecule is COc1cc(C2NCCc3c2[nH]c2ccccc32)ccc1OC(C)C. The first-order valence-electron chi connectivity index (χ1n) is 8.85. The fourth-order valence-electron chi connectivity index (χ4n) is 3.68. The van der Waals surface area contributed by atoms with Gasteiger partial charge in [0.15, 0.2) is 11.5 Å². The van der Waals surface area contributed by atoms with Gasteiger partial charge in [-0.15, -0.1) is 0 Å². The summed E-state index contributed by atoms with van der Waals surface area (Å²) >= 11 is 0. The minimum atomic E-state index is 0.118. The third-order valence-electron chi connectivity index (χ3n) is 4.74. The van der Waals surface area contributed by atoms with Crippen LogP contribution in [0.15, 0.2) is 42.5 Å². The molecule has 0 saturated heterocycles. The first-order chi connectivity index (χ1) is 12.2. The summed E-state index contributed by atoms with van der Waals surface area (Å²) in [5.74, 6) is 1.56. The van der Waals surface area contributed by atoms with E-state index in [1.807, 2.05) is 19.9 Å². The van der Waals surface area contributed by atoms with Crippen LogP contribution in [0.1, 0.15) is 36.7 Å². The van der Waals surface area contributed by atoms with Crippen molar-refractivity contribution in [1.82, 2.24) is 10.3 Å². The number of aromatic nitrogens is 1. The number of hydrogen-bond acceptors (Lipinski definition) is 3. The number of hydrogen-bond donors (Lipinski definition) is 2. The molecule has 0 aliphatic carbocycles. The van der Waals surface area contributed by atoms with Gasteiger partial charge in [-0.1, -0.05) is 24.3 Å². The minimum absolute atomic E-state index is 0.118. The van der Waals surface area contributed by atoms with Crippen LogP contribution in [0.25, 0.3) is 10.9 Å². The Morgan fingerprint density at radius 1 is 1.08 bits per heavy atom. The van der Waals surface area contributed by atoms with Gasteiger partial charge in [0.05, 0.1) is 19.3 Å². The van der Waals surface area contributed by atoms with Crippen molar-refractivity contribution >= 4 is 10.9 Å². The Labute approximate surface area is 148 Å². The van der Waals surface area contributed by atoms with Gasteiger partial charge in [0, 0.05) is 23.1 Å². The van der Waals surface area contributed by atoms with Crippen molar-refractivity contribution in [3.8, 4) is 11.5 Å². The summed E-state index contributed by atoms with van der Waals surface area (Å²) < 4.78 is 11.4. The molecule has 4 rings (SSSR count). The van der Waals surface area contributed by atoms with E-state index in [1.165, 1.54) is 27.7 Å². The van der Waals surface area contributed by atoms with E-state index in [2.05, 4.69) is 46.7 Å². The number of methoxy groups -OCH3 is 1. The Morgan fingerprint density at radius 2 is 1.92 bits per heavy atom. The fourth-order valence-corrected chi connectivity index (χ4v) is 3.68. The van der Waals surface area contributed by atoms with Crippen molar-refractivity contribution in [2.24, 2.45) is 0 Å². The number of aromatic amines is 1. The molecule has 0 amide bonds. The third-order valence-corrected chi connectivity index (χ3v) is 4.74. The van der Waals surface area contributed by atoms with Crippen LogP contribution >= 0.6 is 0 Å². The maximum Gasteiger partial charge on any atom is 0.161 e. The van der Waals surface area contributed by atoms with Crippen molar-refractivity contribution < 1.29 is 9.47 Å². The van der Waals surface area contributed by atoms with E-state index in [4.69, 9.17) is 9.47 Å². The highest BCUT2D eigenvalue weighted by Crippen LogP contribution is 2.37. The number of nitrogens with one attached hydrogen (secondary N) is 2. The molecule has 1 aliphatic heterocycles. The zero-order valence-corrected chi connectivity index (χ0v) is 14.9. The van der Waals surface area contributed by atoms with Gasteiger partial charge in [-0.05, 0) is 49.6 Å². The van der Waals surface area contributed by atoms with Crippen molar-refractivity contribution in [3.63, 3.8) is 0 Å². The molecule has 4 nitrogen and oxygen atoms in total. The van der Waals surface area contributed by atoms with Crippen molar-refractivity contribution in [1.29, 1.82) is 0 Å². The highest BCUT2D eigenvalue weighted by Gasteiger charge is 2.26. The van der Waals surface area contributed by atoms with Crippen LogP contribution in [0, 0.1) is 0 Å². The number of fused-ring (bicyclic) bond motifs is 3. The van der Waals surface area contributed by atoms with E-state index in [-0.39, 0.29) is 12.1 Å². The summed E-state index contributed by atoms with van der Waals surface area (Å²) in [5.41, 5.74) is 5.06. The molecule has 2 N–H and O–H groups in total. The highest BCUT2D eigenvalue weighted by molar-refractivity contribution is 5.85. The van der Waals surface area contributed by atoms with Crippen LogP contribution in [-0.4, -0.2) is 24.7 Å². The summed E-state index contributed by atoms with van der Waals surface area (Å²) in [4.78, 5) is 3.61. The second-order valence-corrected chi connectivity index (χ2v) is 6.78. The van der Waals surface area contributed by atoms with Crippen molar-refractivity contribution in [2.75, 3.05) is 13.7 Å². The van der Waals surface area contributed by atoms with Crippen LogP contribution in [0.4, 0.5) is 0 Å². The van der Waals surface area contributed by atoms with Gasteiger partial charge in [0.25, 0.3) is 0 Å². The van der Waals surface area contributed by atoms with E-state index in [9.17, 15) is 0 Å². The van der Waals surface area contributed by atoms with Crippen molar-refractivity contribution in [2.45, 2.75) is 32.4 Å².